The zero-order chi connectivity index (χ0) is 14.5. The van der Waals surface area contributed by atoms with E-state index in [-0.39, 0.29) is 11.5 Å². The van der Waals surface area contributed by atoms with Gasteiger partial charge in [-0.2, -0.15) is 0 Å². The summed E-state index contributed by atoms with van der Waals surface area (Å²) in [5.74, 6) is 1.03. The summed E-state index contributed by atoms with van der Waals surface area (Å²) < 4.78 is 5.05. The van der Waals surface area contributed by atoms with Crippen molar-refractivity contribution in [2.45, 2.75) is 45.6 Å². The van der Waals surface area contributed by atoms with Crippen LogP contribution in [0.3, 0.4) is 0 Å². The van der Waals surface area contributed by atoms with Crippen LogP contribution in [0.15, 0.2) is 29.2 Å². The summed E-state index contributed by atoms with van der Waals surface area (Å²) in [5.41, 5.74) is 1.05. The summed E-state index contributed by atoms with van der Waals surface area (Å²) in [5, 5.41) is 2.74. The Morgan fingerprint density at radius 3 is 2.63 bits per heavy atom. The Balaban J connectivity index is 2.59. The maximum absolute atomic E-state index is 11.5. The van der Waals surface area contributed by atoms with E-state index < -0.39 is 6.09 Å². The van der Waals surface area contributed by atoms with Crippen molar-refractivity contribution in [3.8, 4) is 0 Å². The first-order valence-corrected chi connectivity index (χ1v) is 7.45. The number of hydrogen-bond acceptors (Lipinski definition) is 3. The Kier molecular flexibility index (Phi) is 5.73. The lowest BCUT2D eigenvalue weighted by molar-refractivity contribution is 0.130. The van der Waals surface area contributed by atoms with Gasteiger partial charge in [0.05, 0.1) is 6.10 Å². The normalized spacial score (nSPS) is 11.5. The molecular formula is C15H23NO2S. The van der Waals surface area contributed by atoms with Crippen LogP contribution >= 0.6 is 11.8 Å². The summed E-state index contributed by atoms with van der Waals surface area (Å²) in [7, 11) is 0. The van der Waals surface area contributed by atoms with Crippen LogP contribution in [-0.4, -0.2) is 18.0 Å². The monoisotopic (exact) mass is 281 g/mol. The molecule has 0 radical (unpaired) electrons. The fourth-order valence-electron chi connectivity index (χ4n) is 1.32. The van der Waals surface area contributed by atoms with Crippen molar-refractivity contribution in [2.24, 2.45) is 5.41 Å². The molecule has 1 rings (SSSR count). The molecule has 0 aliphatic heterocycles. The fraction of sp³-hybridized carbons (Fsp3) is 0.533. The number of benzene rings is 1. The molecule has 1 aromatic carbocycles. The van der Waals surface area contributed by atoms with Crippen molar-refractivity contribution >= 4 is 23.5 Å². The molecule has 3 nitrogen and oxygen atoms in total. The van der Waals surface area contributed by atoms with Crippen LogP contribution in [0.5, 0.6) is 0 Å². The van der Waals surface area contributed by atoms with E-state index in [4.69, 9.17) is 4.74 Å². The highest BCUT2D eigenvalue weighted by Gasteiger charge is 2.11. The van der Waals surface area contributed by atoms with E-state index in [0.717, 1.165) is 16.3 Å². The molecule has 1 amide bonds. The number of carbonyl (C=O) groups excluding carboxylic acids is 1. The molecule has 0 aliphatic carbocycles. The third-order valence-electron chi connectivity index (χ3n) is 2.10. The maximum Gasteiger partial charge on any atom is 0.411 e. The molecule has 0 bridgehead atoms. The second-order valence-electron chi connectivity index (χ2n) is 5.96. The summed E-state index contributed by atoms with van der Waals surface area (Å²) in [6.45, 7) is 10.3. The van der Waals surface area contributed by atoms with Crippen molar-refractivity contribution < 1.29 is 9.53 Å². The molecule has 0 unspecified atom stereocenters. The number of carbonyl (C=O) groups is 1. The van der Waals surface area contributed by atoms with Crippen LogP contribution in [0.25, 0.3) is 0 Å². The second-order valence-corrected chi connectivity index (χ2v) is 7.00. The van der Waals surface area contributed by atoms with E-state index in [9.17, 15) is 4.79 Å². The molecule has 19 heavy (non-hydrogen) atoms. The summed E-state index contributed by atoms with van der Waals surface area (Å²) in [6.07, 6.45) is -0.522. The molecule has 0 heterocycles. The van der Waals surface area contributed by atoms with Crippen LogP contribution in [0.1, 0.15) is 34.6 Å². The minimum atomic E-state index is -0.409. The summed E-state index contributed by atoms with van der Waals surface area (Å²) in [6, 6.07) is 7.83. The van der Waals surface area contributed by atoms with Crippen LogP contribution in [0, 0.1) is 5.41 Å². The molecule has 0 saturated carbocycles. The summed E-state index contributed by atoms with van der Waals surface area (Å²) in [4.78, 5) is 12.7. The highest BCUT2D eigenvalue weighted by molar-refractivity contribution is 7.99. The Hall–Kier alpha value is -1.16. The molecule has 4 heteroatoms. The van der Waals surface area contributed by atoms with Gasteiger partial charge in [-0.3, -0.25) is 5.32 Å². The zero-order valence-electron chi connectivity index (χ0n) is 12.3. The van der Waals surface area contributed by atoms with Crippen LogP contribution < -0.4 is 5.32 Å². The number of hydrogen-bond donors (Lipinski definition) is 1. The Morgan fingerprint density at radius 2 is 2.05 bits per heavy atom. The van der Waals surface area contributed by atoms with Gasteiger partial charge in [-0.05, 0) is 37.5 Å². The van der Waals surface area contributed by atoms with Gasteiger partial charge >= 0.3 is 6.09 Å². The van der Waals surface area contributed by atoms with E-state index in [1.807, 2.05) is 32.0 Å². The first kappa shape index (κ1) is 15.9. The molecule has 0 aliphatic rings. The van der Waals surface area contributed by atoms with Gasteiger partial charge in [0, 0.05) is 16.3 Å². The Labute approximate surface area is 120 Å². The fourth-order valence-corrected chi connectivity index (χ4v) is 2.31. The molecular weight excluding hydrogens is 258 g/mol. The standard InChI is InChI=1S/C15H23NO2S/c1-11(2)18-14(17)16-12-7-6-8-13(9-12)19-10-15(3,4)5/h6-9,11H,10H2,1-5H3,(H,16,17). The highest BCUT2D eigenvalue weighted by atomic mass is 32.2. The number of nitrogens with one attached hydrogen (secondary N) is 1. The average Bonchev–Trinajstić information content (AvgIpc) is 2.24. The number of amides is 1. The maximum atomic E-state index is 11.5. The first-order valence-electron chi connectivity index (χ1n) is 6.47. The first-order chi connectivity index (χ1) is 8.76. The summed E-state index contributed by atoms with van der Waals surface area (Å²) >= 11 is 1.79. The largest absolute Gasteiger partial charge is 0.447 e. The molecule has 0 saturated heterocycles. The average molecular weight is 281 g/mol. The van der Waals surface area contributed by atoms with E-state index in [1.54, 1.807) is 11.8 Å². The number of rotatable bonds is 4. The number of thioether (sulfide) groups is 1. The quantitative estimate of drug-likeness (QED) is 0.807. The van der Waals surface area contributed by atoms with E-state index >= 15 is 0 Å². The lowest BCUT2D eigenvalue weighted by atomic mass is 10.0. The van der Waals surface area contributed by atoms with Gasteiger partial charge in [-0.15, -0.1) is 11.8 Å². The van der Waals surface area contributed by atoms with Crippen molar-refractivity contribution in [1.82, 2.24) is 0 Å². The SMILES string of the molecule is CC(C)OC(=O)Nc1cccc(SCC(C)(C)C)c1. The van der Waals surface area contributed by atoms with Crippen LogP contribution in [0.2, 0.25) is 0 Å². The highest BCUT2D eigenvalue weighted by Crippen LogP contribution is 2.28. The van der Waals surface area contributed by atoms with Gasteiger partial charge in [-0.25, -0.2) is 4.79 Å². The molecule has 1 N–H and O–H groups in total. The van der Waals surface area contributed by atoms with Gasteiger partial charge in [-0.1, -0.05) is 26.8 Å². The molecule has 0 spiro atoms. The zero-order valence-corrected chi connectivity index (χ0v) is 13.1. The van der Waals surface area contributed by atoms with Gasteiger partial charge in [0.2, 0.25) is 0 Å². The van der Waals surface area contributed by atoms with Crippen LogP contribution in [0.4, 0.5) is 10.5 Å². The molecule has 0 atom stereocenters. The number of anilines is 1. The predicted octanol–water partition coefficient (Wildman–Crippen LogP) is 4.78. The molecule has 0 fully saturated rings. The Morgan fingerprint density at radius 1 is 1.37 bits per heavy atom. The lowest BCUT2D eigenvalue weighted by Gasteiger charge is -2.17. The van der Waals surface area contributed by atoms with Crippen molar-refractivity contribution in [3.63, 3.8) is 0 Å². The van der Waals surface area contributed by atoms with Gasteiger partial charge in [0.15, 0.2) is 0 Å². The van der Waals surface area contributed by atoms with Crippen molar-refractivity contribution in [1.29, 1.82) is 0 Å². The van der Waals surface area contributed by atoms with Gasteiger partial charge < -0.3 is 4.74 Å². The van der Waals surface area contributed by atoms with Crippen molar-refractivity contribution in [3.05, 3.63) is 24.3 Å². The lowest BCUT2D eigenvalue weighted by Crippen LogP contribution is -2.17. The molecule has 106 valence electrons. The van der Waals surface area contributed by atoms with E-state index in [2.05, 4.69) is 32.2 Å². The van der Waals surface area contributed by atoms with Gasteiger partial charge in [0.25, 0.3) is 0 Å². The van der Waals surface area contributed by atoms with Crippen molar-refractivity contribution in [2.75, 3.05) is 11.1 Å². The minimum absolute atomic E-state index is 0.113. The second kappa shape index (κ2) is 6.85. The van der Waals surface area contributed by atoms with Crippen LogP contribution in [-0.2, 0) is 4.74 Å². The minimum Gasteiger partial charge on any atom is -0.447 e. The third-order valence-corrected chi connectivity index (χ3v) is 3.69. The predicted molar refractivity (Wildman–Crippen MR) is 81.9 cm³/mol. The van der Waals surface area contributed by atoms with Gasteiger partial charge in [0.1, 0.15) is 0 Å². The third kappa shape index (κ3) is 7.11. The van der Waals surface area contributed by atoms with E-state index in [1.165, 1.54) is 0 Å². The number of ether oxygens (including phenoxy) is 1. The topological polar surface area (TPSA) is 38.3 Å². The molecule has 0 aromatic heterocycles. The van der Waals surface area contributed by atoms with E-state index in [0.29, 0.717) is 0 Å². The smallest absolute Gasteiger partial charge is 0.411 e. The molecule has 1 aromatic rings. The Bertz CT molecular complexity index is 424.